The number of nitrogens with zero attached hydrogens (tertiary/aromatic N) is 1. The summed E-state index contributed by atoms with van der Waals surface area (Å²) in [5.74, 6) is -0.965. The van der Waals surface area contributed by atoms with E-state index in [9.17, 15) is 18.0 Å². The molecule has 1 saturated heterocycles. The van der Waals surface area contributed by atoms with Gasteiger partial charge in [-0.2, -0.15) is 0 Å². The molecule has 0 radical (unpaired) electrons. The maximum absolute atomic E-state index is 11.6. The van der Waals surface area contributed by atoms with Crippen LogP contribution in [0.3, 0.4) is 0 Å². The van der Waals surface area contributed by atoms with Crippen molar-refractivity contribution in [2.75, 3.05) is 31.6 Å². The molecule has 1 aliphatic rings. The second-order valence-electron chi connectivity index (χ2n) is 4.56. The lowest BCUT2D eigenvalue weighted by Gasteiger charge is -2.16. The SMILES string of the molecule is CS(=O)(=O)CCNC(=O)N1CCC(CC(=O)O)C1. The van der Waals surface area contributed by atoms with E-state index >= 15 is 0 Å². The van der Waals surface area contributed by atoms with Crippen LogP contribution in [0.25, 0.3) is 0 Å². The third kappa shape index (κ3) is 5.35. The first-order valence-electron chi connectivity index (χ1n) is 5.70. The Bertz CT molecular complexity index is 420. The standard InChI is InChI=1S/C10H18N2O5S/c1-18(16,17)5-3-11-10(15)12-4-2-8(7-12)6-9(13)14/h8H,2-7H2,1H3,(H,11,15)(H,13,14). The van der Waals surface area contributed by atoms with Crippen LogP contribution in [0.1, 0.15) is 12.8 Å². The van der Waals surface area contributed by atoms with Gasteiger partial charge in [-0.1, -0.05) is 0 Å². The molecule has 1 fully saturated rings. The first-order valence-corrected chi connectivity index (χ1v) is 7.76. The molecule has 0 bridgehead atoms. The molecule has 2 N–H and O–H groups in total. The van der Waals surface area contributed by atoms with Crippen molar-refractivity contribution in [1.29, 1.82) is 0 Å². The molecule has 0 aromatic carbocycles. The average molecular weight is 278 g/mol. The fourth-order valence-corrected chi connectivity index (χ4v) is 2.36. The van der Waals surface area contributed by atoms with E-state index < -0.39 is 15.8 Å². The maximum Gasteiger partial charge on any atom is 0.317 e. The summed E-state index contributed by atoms with van der Waals surface area (Å²) in [7, 11) is -3.08. The molecular weight excluding hydrogens is 260 g/mol. The van der Waals surface area contributed by atoms with Crippen LogP contribution in [-0.2, 0) is 14.6 Å². The molecule has 0 saturated carbocycles. The highest BCUT2D eigenvalue weighted by atomic mass is 32.2. The predicted octanol–water partition coefficient (Wildman–Crippen LogP) is -0.463. The van der Waals surface area contributed by atoms with Crippen molar-refractivity contribution in [2.45, 2.75) is 12.8 Å². The Hall–Kier alpha value is -1.31. The van der Waals surface area contributed by atoms with Gasteiger partial charge in [-0.25, -0.2) is 13.2 Å². The molecule has 18 heavy (non-hydrogen) atoms. The third-order valence-corrected chi connectivity index (χ3v) is 3.73. The molecule has 1 atom stereocenters. The first kappa shape index (κ1) is 14.7. The van der Waals surface area contributed by atoms with Crippen LogP contribution in [0.15, 0.2) is 0 Å². The minimum atomic E-state index is -3.08. The van der Waals surface area contributed by atoms with E-state index in [1.807, 2.05) is 0 Å². The highest BCUT2D eigenvalue weighted by Gasteiger charge is 2.27. The lowest BCUT2D eigenvalue weighted by Crippen LogP contribution is -2.40. The minimum Gasteiger partial charge on any atom is -0.481 e. The molecule has 1 aliphatic heterocycles. The lowest BCUT2D eigenvalue weighted by molar-refractivity contribution is -0.138. The number of amides is 2. The summed E-state index contributed by atoms with van der Waals surface area (Å²) in [5, 5.41) is 11.2. The number of carboxylic acids is 1. The molecule has 0 aliphatic carbocycles. The zero-order valence-corrected chi connectivity index (χ0v) is 11.1. The number of nitrogens with one attached hydrogen (secondary N) is 1. The molecule has 2 amide bonds. The van der Waals surface area contributed by atoms with Crippen molar-refractivity contribution in [1.82, 2.24) is 10.2 Å². The zero-order chi connectivity index (χ0) is 13.8. The zero-order valence-electron chi connectivity index (χ0n) is 10.3. The molecule has 1 unspecified atom stereocenters. The van der Waals surface area contributed by atoms with Crippen LogP contribution in [0.2, 0.25) is 0 Å². The van der Waals surface area contributed by atoms with Crippen LogP contribution < -0.4 is 5.32 Å². The number of likely N-dealkylation sites (tertiary alicyclic amines) is 1. The van der Waals surface area contributed by atoms with Gasteiger partial charge >= 0.3 is 12.0 Å². The number of rotatable bonds is 5. The van der Waals surface area contributed by atoms with Crippen molar-refractivity contribution in [3.63, 3.8) is 0 Å². The maximum atomic E-state index is 11.6. The van der Waals surface area contributed by atoms with Gasteiger partial charge in [0.25, 0.3) is 0 Å². The fourth-order valence-electron chi connectivity index (χ4n) is 1.89. The van der Waals surface area contributed by atoms with Gasteiger partial charge in [-0.05, 0) is 12.3 Å². The topological polar surface area (TPSA) is 104 Å². The van der Waals surface area contributed by atoms with Gasteiger partial charge in [0.2, 0.25) is 0 Å². The van der Waals surface area contributed by atoms with Gasteiger partial charge in [-0.3, -0.25) is 4.79 Å². The summed E-state index contributed by atoms with van der Waals surface area (Å²) in [6, 6.07) is -0.327. The summed E-state index contributed by atoms with van der Waals surface area (Å²) in [4.78, 5) is 23.7. The van der Waals surface area contributed by atoms with Gasteiger partial charge < -0.3 is 15.3 Å². The normalized spacial score (nSPS) is 19.8. The Morgan fingerprint density at radius 2 is 2.11 bits per heavy atom. The van der Waals surface area contributed by atoms with Gasteiger partial charge in [0.1, 0.15) is 9.84 Å². The first-order chi connectivity index (χ1) is 8.28. The molecule has 1 rings (SSSR count). The van der Waals surface area contributed by atoms with E-state index in [-0.39, 0.29) is 30.7 Å². The Labute approximate surface area is 106 Å². The number of carbonyl (C=O) groups is 2. The largest absolute Gasteiger partial charge is 0.481 e. The molecular formula is C10H18N2O5S. The van der Waals surface area contributed by atoms with Gasteiger partial charge in [0, 0.05) is 32.3 Å². The minimum absolute atomic E-state index is 0.0110. The van der Waals surface area contributed by atoms with E-state index in [0.29, 0.717) is 19.5 Å². The Kier molecular flexibility index (Phi) is 4.94. The number of carbonyl (C=O) groups excluding carboxylic acids is 1. The van der Waals surface area contributed by atoms with Crippen LogP contribution >= 0.6 is 0 Å². The van der Waals surface area contributed by atoms with E-state index in [2.05, 4.69) is 5.32 Å². The molecule has 7 nitrogen and oxygen atoms in total. The van der Waals surface area contributed by atoms with E-state index in [0.717, 1.165) is 6.26 Å². The van der Waals surface area contributed by atoms with E-state index in [4.69, 9.17) is 5.11 Å². The van der Waals surface area contributed by atoms with Gasteiger partial charge in [-0.15, -0.1) is 0 Å². The van der Waals surface area contributed by atoms with Crippen molar-refractivity contribution in [3.8, 4) is 0 Å². The number of aliphatic carboxylic acids is 1. The molecule has 104 valence electrons. The Balaban J connectivity index is 2.30. The Morgan fingerprint density at radius 1 is 1.44 bits per heavy atom. The van der Waals surface area contributed by atoms with Crippen molar-refractivity contribution < 1.29 is 23.1 Å². The van der Waals surface area contributed by atoms with Crippen molar-refractivity contribution in [3.05, 3.63) is 0 Å². The molecule has 0 aromatic heterocycles. The van der Waals surface area contributed by atoms with E-state index in [1.165, 1.54) is 4.90 Å². The van der Waals surface area contributed by atoms with Crippen LogP contribution in [0.5, 0.6) is 0 Å². The Morgan fingerprint density at radius 3 is 2.67 bits per heavy atom. The molecule has 8 heteroatoms. The molecule has 0 aromatic rings. The number of hydrogen-bond acceptors (Lipinski definition) is 4. The van der Waals surface area contributed by atoms with Crippen LogP contribution in [0, 0.1) is 5.92 Å². The van der Waals surface area contributed by atoms with Gasteiger partial charge in [0.05, 0.1) is 5.75 Å². The lowest BCUT2D eigenvalue weighted by atomic mass is 10.1. The summed E-state index contributed by atoms with van der Waals surface area (Å²) in [5.41, 5.74) is 0. The monoisotopic (exact) mass is 278 g/mol. The highest BCUT2D eigenvalue weighted by Crippen LogP contribution is 2.19. The number of hydrogen-bond donors (Lipinski definition) is 2. The smallest absolute Gasteiger partial charge is 0.317 e. The second kappa shape index (κ2) is 6.03. The van der Waals surface area contributed by atoms with Crippen LogP contribution in [-0.4, -0.2) is 62.1 Å². The fraction of sp³-hybridized carbons (Fsp3) is 0.800. The van der Waals surface area contributed by atoms with E-state index in [1.54, 1.807) is 0 Å². The van der Waals surface area contributed by atoms with Gasteiger partial charge in [0.15, 0.2) is 0 Å². The average Bonchev–Trinajstić information content (AvgIpc) is 2.63. The number of carboxylic acid groups (broad SMARTS) is 1. The van der Waals surface area contributed by atoms with Crippen molar-refractivity contribution >= 4 is 21.8 Å². The molecule has 1 heterocycles. The summed E-state index contributed by atoms with van der Waals surface area (Å²) >= 11 is 0. The second-order valence-corrected chi connectivity index (χ2v) is 6.82. The summed E-state index contributed by atoms with van der Waals surface area (Å²) in [6.07, 6.45) is 1.84. The quantitative estimate of drug-likeness (QED) is 0.708. The summed E-state index contributed by atoms with van der Waals surface area (Å²) < 4.78 is 21.8. The van der Waals surface area contributed by atoms with Crippen molar-refractivity contribution in [2.24, 2.45) is 5.92 Å². The third-order valence-electron chi connectivity index (χ3n) is 2.79. The predicted molar refractivity (Wildman–Crippen MR) is 65.0 cm³/mol. The highest BCUT2D eigenvalue weighted by molar-refractivity contribution is 7.90. The summed E-state index contributed by atoms with van der Waals surface area (Å²) in [6.45, 7) is 1.01. The number of sulfone groups is 1. The number of urea groups is 1. The van der Waals surface area contributed by atoms with Crippen LogP contribution in [0.4, 0.5) is 4.79 Å². The molecule has 0 spiro atoms.